The van der Waals surface area contributed by atoms with Gasteiger partial charge in [-0.2, -0.15) is 0 Å². The molecule has 1 aliphatic rings. The first kappa shape index (κ1) is 24.1. The first-order chi connectivity index (χ1) is 15.9. The van der Waals surface area contributed by atoms with Crippen molar-refractivity contribution in [2.75, 3.05) is 5.01 Å². The van der Waals surface area contributed by atoms with E-state index in [1.165, 1.54) is 33.5 Å². The quantitative estimate of drug-likeness (QED) is 0.427. The van der Waals surface area contributed by atoms with Crippen LogP contribution in [0.3, 0.4) is 0 Å². The smallest absolute Gasteiger partial charge is 0.0958 e. The predicted octanol–water partition coefficient (Wildman–Crippen LogP) is 8.51. The van der Waals surface area contributed by atoms with Gasteiger partial charge in [-0.3, -0.25) is 10.4 Å². The third-order valence-corrected chi connectivity index (χ3v) is 6.86. The molecule has 0 radical (unpaired) electrons. The van der Waals surface area contributed by atoms with Crippen LogP contribution in [0.1, 0.15) is 95.2 Å². The fraction of sp³-hybridized carbons (Fsp3) is 0.375. The molecular formula is C32H40N2. The molecule has 0 aliphatic carbocycles. The van der Waals surface area contributed by atoms with E-state index in [1.807, 2.05) is 0 Å². The number of anilines is 1. The maximum Gasteiger partial charge on any atom is 0.0958 e. The van der Waals surface area contributed by atoms with Crippen molar-refractivity contribution in [2.24, 2.45) is 0 Å². The van der Waals surface area contributed by atoms with Crippen LogP contribution < -0.4 is 10.4 Å². The summed E-state index contributed by atoms with van der Waals surface area (Å²) in [6, 6.07) is 27.2. The molecule has 2 nitrogen and oxygen atoms in total. The van der Waals surface area contributed by atoms with E-state index in [0.717, 1.165) is 5.70 Å². The zero-order valence-corrected chi connectivity index (χ0v) is 22.1. The zero-order valence-electron chi connectivity index (χ0n) is 22.1. The number of rotatable bonds is 4. The minimum Gasteiger partial charge on any atom is -0.297 e. The van der Waals surface area contributed by atoms with E-state index in [-0.39, 0.29) is 16.9 Å². The van der Waals surface area contributed by atoms with Crippen molar-refractivity contribution in [1.29, 1.82) is 0 Å². The number of hydrogen-bond donors (Lipinski definition) is 1. The molecular weight excluding hydrogens is 412 g/mol. The van der Waals surface area contributed by atoms with Crippen LogP contribution in [0.4, 0.5) is 5.69 Å². The Morgan fingerprint density at radius 3 is 1.65 bits per heavy atom. The SMILES string of the molecule is CC(C)c1ccc(N2NC(c3ccc(C(C)(C)C)cc3)=CC2c2ccc(C(C)(C)C)cc2)cc1. The number of nitrogens with one attached hydrogen (secondary N) is 1. The van der Waals surface area contributed by atoms with E-state index < -0.39 is 0 Å². The van der Waals surface area contributed by atoms with Crippen LogP contribution in [0.2, 0.25) is 0 Å². The molecule has 0 fully saturated rings. The second-order valence-electron chi connectivity index (χ2n) is 12.0. The Morgan fingerprint density at radius 2 is 1.18 bits per heavy atom. The van der Waals surface area contributed by atoms with Gasteiger partial charge >= 0.3 is 0 Å². The van der Waals surface area contributed by atoms with Crippen LogP contribution in [-0.4, -0.2) is 0 Å². The first-order valence-electron chi connectivity index (χ1n) is 12.5. The van der Waals surface area contributed by atoms with E-state index in [0.29, 0.717) is 5.92 Å². The second-order valence-corrected chi connectivity index (χ2v) is 12.0. The highest BCUT2D eigenvalue weighted by Crippen LogP contribution is 2.37. The van der Waals surface area contributed by atoms with Crippen LogP contribution in [0.25, 0.3) is 5.70 Å². The molecule has 1 aliphatic heterocycles. The Kier molecular flexibility index (Phi) is 6.38. The van der Waals surface area contributed by atoms with Crippen LogP contribution in [0.5, 0.6) is 0 Å². The molecule has 1 unspecified atom stereocenters. The summed E-state index contributed by atoms with van der Waals surface area (Å²) < 4.78 is 0. The first-order valence-corrected chi connectivity index (χ1v) is 12.5. The van der Waals surface area contributed by atoms with Gasteiger partial charge in [-0.05, 0) is 62.8 Å². The monoisotopic (exact) mass is 452 g/mol. The van der Waals surface area contributed by atoms with Crippen LogP contribution in [-0.2, 0) is 10.8 Å². The van der Waals surface area contributed by atoms with Crippen molar-refractivity contribution in [3.63, 3.8) is 0 Å². The molecule has 0 amide bonds. The van der Waals surface area contributed by atoms with Crippen molar-refractivity contribution in [2.45, 2.75) is 78.2 Å². The summed E-state index contributed by atoms with van der Waals surface area (Å²) in [6.45, 7) is 18.1. The summed E-state index contributed by atoms with van der Waals surface area (Å²) in [6.07, 6.45) is 2.36. The average molecular weight is 453 g/mol. The van der Waals surface area contributed by atoms with E-state index >= 15 is 0 Å². The van der Waals surface area contributed by atoms with Gasteiger partial charge in [-0.1, -0.05) is 116 Å². The van der Waals surface area contributed by atoms with Crippen LogP contribution in [0, 0.1) is 0 Å². The normalized spacial score (nSPS) is 16.6. The molecule has 3 aromatic carbocycles. The molecule has 1 atom stereocenters. The second kappa shape index (κ2) is 8.98. The maximum atomic E-state index is 3.72. The molecule has 178 valence electrons. The summed E-state index contributed by atoms with van der Waals surface area (Å²) in [4.78, 5) is 0. The summed E-state index contributed by atoms with van der Waals surface area (Å²) >= 11 is 0. The lowest BCUT2D eigenvalue weighted by atomic mass is 9.86. The van der Waals surface area contributed by atoms with Crippen LogP contribution >= 0.6 is 0 Å². The van der Waals surface area contributed by atoms with Gasteiger partial charge in [0, 0.05) is 0 Å². The summed E-state index contributed by atoms with van der Waals surface area (Å²) in [5, 5.41) is 2.29. The fourth-order valence-corrected chi connectivity index (χ4v) is 4.45. The Labute approximate surface area is 206 Å². The summed E-state index contributed by atoms with van der Waals surface area (Å²) in [7, 11) is 0. The number of hydrazine groups is 1. The number of nitrogens with zero attached hydrogens (tertiary/aromatic N) is 1. The molecule has 1 heterocycles. The van der Waals surface area contributed by atoms with Gasteiger partial charge in [0.05, 0.1) is 17.4 Å². The topological polar surface area (TPSA) is 15.3 Å². The average Bonchev–Trinajstić information content (AvgIpc) is 3.24. The molecule has 2 heteroatoms. The highest BCUT2D eigenvalue weighted by molar-refractivity contribution is 5.72. The zero-order chi connectivity index (χ0) is 24.7. The molecule has 1 N–H and O–H groups in total. The van der Waals surface area contributed by atoms with Crippen LogP contribution in [0.15, 0.2) is 78.9 Å². The molecule has 0 spiro atoms. The molecule has 0 aromatic heterocycles. The minimum absolute atomic E-state index is 0.121. The number of benzene rings is 3. The summed E-state index contributed by atoms with van der Waals surface area (Å²) in [5.41, 5.74) is 12.9. The van der Waals surface area contributed by atoms with E-state index in [1.54, 1.807) is 0 Å². The lowest BCUT2D eigenvalue weighted by molar-refractivity contribution is 0.589. The van der Waals surface area contributed by atoms with Crippen molar-refractivity contribution in [3.05, 3.63) is 107 Å². The molecule has 0 saturated heterocycles. The Hall–Kier alpha value is -3.00. The highest BCUT2D eigenvalue weighted by atomic mass is 15.5. The van der Waals surface area contributed by atoms with Crippen molar-refractivity contribution >= 4 is 11.4 Å². The van der Waals surface area contributed by atoms with Gasteiger partial charge in [-0.25, -0.2) is 0 Å². The minimum atomic E-state index is 0.121. The molecule has 0 bridgehead atoms. The lowest BCUT2D eigenvalue weighted by Gasteiger charge is -2.29. The van der Waals surface area contributed by atoms with Gasteiger partial charge in [0.25, 0.3) is 0 Å². The molecule has 34 heavy (non-hydrogen) atoms. The van der Waals surface area contributed by atoms with Gasteiger partial charge in [0.2, 0.25) is 0 Å². The standard InChI is InChI=1S/C32H40N2/c1-22(2)23-13-19-28(20-14-23)34-30(25-11-17-27(18-12-25)32(6,7)8)21-29(33-34)24-9-15-26(16-10-24)31(3,4)5/h9-22,30,33H,1-8H3. The predicted molar refractivity (Wildman–Crippen MR) is 147 cm³/mol. The third kappa shape index (κ3) is 5.06. The third-order valence-electron chi connectivity index (χ3n) is 6.86. The molecule has 0 saturated carbocycles. The largest absolute Gasteiger partial charge is 0.297 e. The Balaban J connectivity index is 1.70. The van der Waals surface area contributed by atoms with E-state index in [9.17, 15) is 0 Å². The number of hydrogen-bond acceptors (Lipinski definition) is 2. The van der Waals surface area contributed by atoms with Gasteiger partial charge in [-0.15, -0.1) is 0 Å². The van der Waals surface area contributed by atoms with Gasteiger partial charge in [0.1, 0.15) is 0 Å². The molecule has 3 aromatic rings. The Bertz CT molecular complexity index is 1140. The van der Waals surface area contributed by atoms with E-state index in [2.05, 4.69) is 145 Å². The van der Waals surface area contributed by atoms with Gasteiger partial charge < -0.3 is 0 Å². The van der Waals surface area contributed by atoms with E-state index in [4.69, 9.17) is 0 Å². The highest BCUT2D eigenvalue weighted by Gasteiger charge is 2.28. The van der Waals surface area contributed by atoms with Crippen molar-refractivity contribution in [1.82, 2.24) is 5.43 Å². The molecule has 4 rings (SSSR count). The Morgan fingerprint density at radius 1 is 0.676 bits per heavy atom. The summed E-state index contributed by atoms with van der Waals surface area (Å²) in [5.74, 6) is 0.524. The fourth-order valence-electron chi connectivity index (χ4n) is 4.45. The van der Waals surface area contributed by atoms with Gasteiger partial charge in [0.15, 0.2) is 0 Å². The van der Waals surface area contributed by atoms with Crippen molar-refractivity contribution < 1.29 is 0 Å². The lowest BCUT2D eigenvalue weighted by Crippen LogP contribution is -2.34. The van der Waals surface area contributed by atoms with Crippen molar-refractivity contribution in [3.8, 4) is 0 Å². The maximum absolute atomic E-state index is 3.72.